The van der Waals surface area contributed by atoms with Gasteiger partial charge in [-0.2, -0.15) is 0 Å². The van der Waals surface area contributed by atoms with Crippen LogP contribution in [0.1, 0.15) is 67.3 Å². The molecule has 5 rings (SSSR count). The fourth-order valence-electron chi connectivity index (χ4n) is 6.45. The van der Waals surface area contributed by atoms with Gasteiger partial charge in [-0.25, -0.2) is 9.18 Å². The van der Waals surface area contributed by atoms with Crippen molar-refractivity contribution in [3.05, 3.63) is 92.2 Å². The number of rotatable bonds is 7. The van der Waals surface area contributed by atoms with Gasteiger partial charge in [0, 0.05) is 33.1 Å². The lowest BCUT2D eigenvalue weighted by Gasteiger charge is -2.47. The molecule has 2 aliphatic rings. The molecule has 1 saturated heterocycles. The van der Waals surface area contributed by atoms with Crippen molar-refractivity contribution in [2.45, 2.75) is 63.0 Å². The van der Waals surface area contributed by atoms with Crippen LogP contribution in [-0.4, -0.2) is 30.5 Å². The number of carbonyl (C=O) groups is 3. The maximum absolute atomic E-state index is 14.7. The van der Waals surface area contributed by atoms with E-state index in [9.17, 15) is 18.8 Å². The van der Waals surface area contributed by atoms with Crippen molar-refractivity contribution in [3.8, 4) is 5.75 Å². The fraction of sp³-hybridized carbons (Fsp3) is 0.344. The number of anilines is 1. The van der Waals surface area contributed by atoms with Crippen molar-refractivity contribution < 1.29 is 28.2 Å². The van der Waals surface area contributed by atoms with Gasteiger partial charge in [0.1, 0.15) is 17.0 Å². The zero-order chi connectivity index (χ0) is 30.4. The van der Waals surface area contributed by atoms with Crippen LogP contribution >= 0.6 is 27.5 Å². The van der Waals surface area contributed by atoms with E-state index in [4.69, 9.17) is 21.1 Å². The highest BCUT2D eigenvalue weighted by molar-refractivity contribution is 9.10. The minimum atomic E-state index is -1.42. The Morgan fingerprint density at radius 1 is 1.10 bits per heavy atom. The summed E-state index contributed by atoms with van der Waals surface area (Å²) in [7, 11) is 1.30. The number of fused-ring (bicyclic) bond motifs is 2. The summed E-state index contributed by atoms with van der Waals surface area (Å²) in [6.45, 7) is 5.47. The molecule has 2 amide bonds. The molecule has 42 heavy (non-hydrogen) atoms. The second kappa shape index (κ2) is 11.3. The summed E-state index contributed by atoms with van der Waals surface area (Å²) in [5.41, 5.74) is 0.171. The van der Waals surface area contributed by atoms with Crippen LogP contribution in [-0.2, 0) is 24.5 Å². The molecule has 0 bridgehead atoms. The first-order valence-electron chi connectivity index (χ1n) is 13.7. The van der Waals surface area contributed by atoms with Crippen LogP contribution in [0, 0.1) is 12.7 Å². The lowest BCUT2D eigenvalue weighted by atomic mass is 9.59. The van der Waals surface area contributed by atoms with E-state index in [1.807, 2.05) is 32.9 Å². The first-order chi connectivity index (χ1) is 20.0. The topological polar surface area (TPSA) is 93.7 Å². The van der Waals surface area contributed by atoms with Crippen LogP contribution in [0.2, 0.25) is 5.02 Å². The summed E-state index contributed by atoms with van der Waals surface area (Å²) in [6.07, 6.45) is 0.544. The Bertz CT molecular complexity index is 1590. The Morgan fingerprint density at radius 2 is 1.83 bits per heavy atom. The Kier molecular flexibility index (Phi) is 8.11. The maximum Gasteiger partial charge on any atom is 0.350 e. The van der Waals surface area contributed by atoms with Crippen molar-refractivity contribution in [2.24, 2.45) is 0 Å². The number of amides is 2. The number of piperidine rings is 1. The first-order valence-corrected chi connectivity index (χ1v) is 14.9. The van der Waals surface area contributed by atoms with E-state index < -0.39 is 34.8 Å². The molecule has 3 aromatic carbocycles. The number of methoxy groups -OCH3 is 1. The van der Waals surface area contributed by atoms with Crippen LogP contribution in [0.4, 0.5) is 10.1 Å². The molecule has 1 fully saturated rings. The molecule has 3 atom stereocenters. The van der Waals surface area contributed by atoms with E-state index in [-0.39, 0.29) is 18.2 Å². The monoisotopic (exact) mass is 656 g/mol. The number of aryl methyl sites for hydroxylation is 1. The summed E-state index contributed by atoms with van der Waals surface area (Å²) in [5.74, 6) is -2.21. The lowest BCUT2D eigenvalue weighted by molar-refractivity contribution is -0.160. The molecule has 7 nitrogen and oxygen atoms in total. The number of ether oxygens (including phenoxy) is 2. The number of benzene rings is 3. The molecule has 2 aliphatic heterocycles. The molecule has 0 unspecified atom stereocenters. The van der Waals surface area contributed by atoms with Gasteiger partial charge in [-0.1, -0.05) is 53.5 Å². The zero-order valence-corrected chi connectivity index (χ0v) is 26.0. The van der Waals surface area contributed by atoms with Crippen molar-refractivity contribution in [3.63, 3.8) is 0 Å². The Hall–Kier alpha value is -3.43. The summed E-state index contributed by atoms with van der Waals surface area (Å²) in [5, 5.41) is 6.41. The molecular weight excluding hydrogens is 627 g/mol. The number of esters is 1. The van der Waals surface area contributed by atoms with Crippen LogP contribution < -0.4 is 15.4 Å². The van der Waals surface area contributed by atoms with E-state index >= 15 is 0 Å². The second-order valence-electron chi connectivity index (χ2n) is 10.7. The standard InChI is InChI=1S/C32H31BrClFN2O5/c1-5-31(6-2,30(40)41-4)42-26-12-9-19(34)14-22(26)24-16-27(38)37-28(21-15-20(35)10-7-17(21)3)32(24)23-11-8-18(33)13-25(23)36-29(32)39/h7-15,24,28H,5-6,16H2,1-4H3,(H,36,39)(H,37,38)/t24-,28+,32-/m1/s1. The minimum Gasteiger partial charge on any atom is -0.475 e. The largest absolute Gasteiger partial charge is 0.475 e. The predicted molar refractivity (Wildman–Crippen MR) is 161 cm³/mol. The Labute approximate surface area is 257 Å². The van der Waals surface area contributed by atoms with E-state index in [0.717, 1.165) is 4.47 Å². The molecule has 10 heteroatoms. The number of hydrogen-bond donors (Lipinski definition) is 2. The summed E-state index contributed by atoms with van der Waals surface area (Å²) >= 11 is 10.0. The van der Waals surface area contributed by atoms with Gasteiger partial charge in [-0.3, -0.25) is 9.59 Å². The second-order valence-corrected chi connectivity index (χ2v) is 12.1. The van der Waals surface area contributed by atoms with E-state index in [1.165, 1.54) is 19.2 Å². The maximum atomic E-state index is 14.7. The fourth-order valence-corrected chi connectivity index (χ4v) is 6.99. The van der Waals surface area contributed by atoms with Crippen molar-refractivity contribution >= 4 is 51.0 Å². The van der Waals surface area contributed by atoms with E-state index in [0.29, 0.717) is 51.6 Å². The number of hydrogen-bond acceptors (Lipinski definition) is 5. The van der Waals surface area contributed by atoms with Gasteiger partial charge in [-0.15, -0.1) is 0 Å². The highest BCUT2D eigenvalue weighted by Crippen LogP contribution is 2.59. The molecule has 0 radical (unpaired) electrons. The average Bonchev–Trinajstić information content (AvgIpc) is 3.25. The zero-order valence-electron chi connectivity index (χ0n) is 23.6. The summed E-state index contributed by atoms with van der Waals surface area (Å²) in [6, 6.07) is 13.8. The van der Waals surface area contributed by atoms with E-state index in [2.05, 4.69) is 26.6 Å². The number of halogens is 3. The molecule has 0 aliphatic carbocycles. The van der Waals surface area contributed by atoms with Crippen LogP contribution in [0.15, 0.2) is 59.1 Å². The smallest absolute Gasteiger partial charge is 0.350 e. The third-order valence-corrected chi connectivity index (χ3v) is 9.38. The molecule has 0 aromatic heterocycles. The van der Waals surface area contributed by atoms with E-state index in [1.54, 1.807) is 30.3 Å². The first kappa shape index (κ1) is 30.0. The lowest BCUT2D eigenvalue weighted by Crippen LogP contribution is -2.57. The summed E-state index contributed by atoms with van der Waals surface area (Å²) in [4.78, 5) is 40.9. The number of carbonyl (C=O) groups excluding carboxylic acids is 3. The van der Waals surface area contributed by atoms with Crippen LogP contribution in [0.3, 0.4) is 0 Å². The highest BCUT2D eigenvalue weighted by atomic mass is 79.9. The number of nitrogens with one attached hydrogen (secondary N) is 2. The predicted octanol–water partition coefficient (Wildman–Crippen LogP) is 6.90. The molecule has 3 aromatic rings. The van der Waals surface area contributed by atoms with Gasteiger partial charge in [0.05, 0.1) is 13.2 Å². The third kappa shape index (κ3) is 4.76. The van der Waals surface area contributed by atoms with Gasteiger partial charge >= 0.3 is 5.97 Å². The molecular formula is C32H31BrClFN2O5. The van der Waals surface area contributed by atoms with Gasteiger partial charge in [0.2, 0.25) is 17.4 Å². The quantitative estimate of drug-likeness (QED) is 0.270. The third-order valence-electron chi connectivity index (χ3n) is 8.66. The van der Waals surface area contributed by atoms with Crippen LogP contribution in [0.25, 0.3) is 0 Å². The van der Waals surface area contributed by atoms with Crippen molar-refractivity contribution in [1.29, 1.82) is 0 Å². The van der Waals surface area contributed by atoms with Crippen molar-refractivity contribution in [2.75, 3.05) is 12.4 Å². The van der Waals surface area contributed by atoms with Gasteiger partial charge in [-0.05, 0) is 78.9 Å². The molecule has 0 saturated carbocycles. The SMILES string of the molecule is CCC(CC)(Oc1ccc(Cl)cc1[C@H]1CC(=O)N[C@@H](c2cc(F)ccc2C)[C@]12C(=O)Nc1cc(Br)ccc12)C(=O)OC. The van der Waals surface area contributed by atoms with Crippen LogP contribution in [0.5, 0.6) is 5.75 Å². The molecule has 220 valence electrons. The summed E-state index contributed by atoms with van der Waals surface area (Å²) < 4.78 is 27.1. The Morgan fingerprint density at radius 3 is 2.52 bits per heavy atom. The van der Waals surface area contributed by atoms with Crippen molar-refractivity contribution in [1.82, 2.24) is 5.32 Å². The molecule has 1 spiro atoms. The Balaban J connectivity index is 1.81. The highest BCUT2D eigenvalue weighted by Gasteiger charge is 2.62. The van der Waals surface area contributed by atoms with Gasteiger partial charge in [0.25, 0.3) is 0 Å². The average molecular weight is 658 g/mol. The van der Waals surface area contributed by atoms with Gasteiger partial charge < -0.3 is 20.1 Å². The van der Waals surface area contributed by atoms with Gasteiger partial charge in [0.15, 0.2) is 0 Å². The molecule has 2 heterocycles. The minimum absolute atomic E-state index is 0.0893. The molecule has 2 N–H and O–H groups in total. The normalized spacial score (nSPS) is 21.5.